The second-order valence-corrected chi connectivity index (χ2v) is 16.8. The van der Waals surface area contributed by atoms with Crippen LogP contribution in [0.5, 0.6) is 0 Å². The second-order valence-electron chi connectivity index (χ2n) is 14.2. The molecule has 6 rings (SSSR count). The maximum Gasteiger partial charge on any atom is 0.316 e. The molecule has 8 atom stereocenters. The summed E-state index contributed by atoms with van der Waals surface area (Å²) in [6.45, 7) is 13.4. The topological polar surface area (TPSA) is 80.4 Å². The van der Waals surface area contributed by atoms with E-state index in [1.54, 1.807) is 0 Å². The van der Waals surface area contributed by atoms with Crippen molar-refractivity contribution in [1.82, 2.24) is 4.98 Å². The van der Waals surface area contributed by atoms with Crippen LogP contribution in [-0.2, 0) is 20.9 Å². The van der Waals surface area contributed by atoms with Gasteiger partial charge in [-0.2, -0.15) is 0 Å². The number of pyridine rings is 1. The average Bonchev–Trinajstić information content (AvgIpc) is 3.67. The van der Waals surface area contributed by atoms with Crippen LogP contribution in [0.1, 0.15) is 65.4 Å². The third kappa shape index (κ3) is 5.88. The summed E-state index contributed by atoms with van der Waals surface area (Å²) in [6.07, 6.45) is 8.34. The first-order chi connectivity index (χ1) is 21.9. The van der Waals surface area contributed by atoms with Crippen molar-refractivity contribution in [3.63, 3.8) is 0 Å². The molecule has 9 heteroatoms. The number of carbonyl (C=O) groups is 2. The van der Waals surface area contributed by atoms with E-state index in [1.807, 2.05) is 67.2 Å². The molecule has 6 nitrogen and oxygen atoms in total. The van der Waals surface area contributed by atoms with Crippen LogP contribution in [-0.4, -0.2) is 39.8 Å². The number of aliphatic hydroxyl groups excluding tert-OH is 1. The molecule has 3 fully saturated rings. The number of ether oxygens (including phenoxy) is 1. The lowest BCUT2D eigenvalue weighted by Gasteiger charge is -2.61. The Bertz CT molecular complexity index is 1610. The molecule has 46 heavy (non-hydrogen) atoms. The second kappa shape index (κ2) is 12.8. The van der Waals surface area contributed by atoms with E-state index < -0.39 is 23.0 Å². The molecule has 3 aromatic rings. The molecule has 0 unspecified atom stereocenters. The zero-order valence-electron chi connectivity index (χ0n) is 27.1. The van der Waals surface area contributed by atoms with Gasteiger partial charge in [0.1, 0.15) is 11.9 Å². The molecule has 1 aromatic carbocycles. The van der Waals surface area contributed by atoms with Gasteiger partial charge in [-0.1, -0.05) is 69.3 Å². The van der Waals surface area contributed by atoms with Gasteiger partial charge in [0.2, 0.25) is 0 Å². The number of aliphatic hydroxyl groups is 1. The molecule has 2 bridgehead atoms. The number of Topliss-reactive ketones (excluding diaryl/α,β-unsaturated/α-hetero) is 1. The van der Waals surface area contributed by atoms with E-state index in [0.717, 1.165) is 46.4 Å². The summed E-state index contributed by atoms with van der Waals surface area (Å²) in [6, 6.07) is 11.9. The van der Waals surface area contributed by atoms with Crippen molar-refractivity contribution in [3.05, 3.63) is 77.4 Å². The maximum absolute atomic E-state index is 13.6. The summed E-state index contributed by atoms with van der Waals surface area (Å²) in [7, 11) is 0. The van der Waals surface area contributed by atoms with Crippen molar-refractivity contribution in [3.8, 4) is 11.3 Å². The summed E-state index contributed by atoms with van der Waals surface area (Å²) < 4.78 is 9.30. The van der Waals surface area contributed by atoms with Crippen LogP contribution in [0.4, 0.5) is 0 Å². The Morgan fingerprint density at radius 1 is 1.20 bits per heavy atom. The van der Waals surface area contributed by atoms with Crippen molar-refractivity contribution in [1.29, 1.82) is 0 Å². The van der Waals surface area contributed by atoms with E-state index in [9.17, 15) is 14.7 Å². The van der Waals surface area contributed by atoms with Gasteiger partial charge in [-0.05, 0) is 55.1 Å². The van der Waals surface area contributed by atoms with E-state index in [4.69, 9.17) is 21.3 Å². The summed E-state index contributed by atoms with van der Waals surface area (Å²) in [5.41, 5.74) is 1.59. The van der Waals surface area contributed by atoms with Gasteiger partial charge in [-0.25, -0.2) is 9.55 Å². The molecule has 2 heterocycles. The molecular formula is C37H44ClN2O4S2+. The molecule has 3 aliphatic carbocycles. The van der Waals surface area contributed by atoms with Crippen molar-refractivity contribution in [2.45, 2.75) is 82.9 Å². The fraction of sp³-hybridized carbons (Fsp3) is 0.514. The van der Waals surface area contributed by atoms with Gasteiger partial charge in [0.05, 0.1) is 17.6 Å². The lowest BCUT2D eigenvalue weighted by molar-refractivity contribution is -0.688. The van der Waals surface area contributed by atoms with Gasteiger partial charge in [0.25, 0.3) is 0 Å². The van der Waals surface area contributed by atoms with E-state index in [2.05, 4.69) is 31.9 Å². The first kappa shape index (κ1) is 33.4. The van der Waals surface area contributed by atoms with Gasteiger partial charge in [0.15, 0.2) is 23.3 Å². The van der Waals surface area contributed by atoms with Crippen LogP contribution in [0.15, 0.2) is 71.2 Å². The third-order valence-corrected chi connectivity index (χ3v) is 14.1. The average molecular weight is 680 g/mol. The maximum atomic E-state index is 13.6. The van der Waals surface area contributed by atoms with Gasteiger partial charge in [-0.15, -0.1) is 17.9 Å². The van der Waals surface area contributed by atoms with Gasteiger partial charge >= 0.3 is 5.97 Å². The Hall–Kier alpha value is -2.52. The smallest absolute Gasteiger partial charge is 0.316 e. The fourth-order valence-electron chi connectivity index (χ4n) is 8.81. The Morgan fingerprint density at radius 2 is 1.91 bits per heavy atom. The number of carbonyl (C=O) groups excluding carboxylic acids is 2. The minimum atomic E-state index is -0.675. The van der Waals surface area contributed by atoms with Crippen molar-refractivity contribution in [2.75, 3.05) is 5.75 Å². The first-order valence-electron chi connectivity index (χ1n) is 16.3. The highest BCUT2D eigenvalue weighted by Gasteiger charge is 2.68. The molecule has 0 aliphatic heterocycles. The molecule has 0 radical (unpaired) electrons. The lowest BCUT2D eigenvalue weighted by atomic mass is 9.44. The van der Waals surface area contributed by atoms with Crippen LogP contribution in [0, 0.1) is 34.0 Å². The Morgan fingerprint density at radius 3 is 2.61 bits per heavy atom. The van der Waals surface area contributed by atoms with E-state index in [0.29, 0.717) is 12.8 Å². The number of nitrogens with zero attached hydrogens (tertiary/aromatic N) is 2. The molecule has 3 aliphatic rings. The Balaban J connectivity index is 1.15. The molecule has 0 amide bonds. The van der Waals surface area contributed by atoms with Gasteiger partial charge in [0, 0.05) is 56.8 Å². The number of benzene rings is 1. The number of aromatic nitrogens is 2. The zero-order chi connectivity index (χ0) is 32.9. The van der Waals surface area contributed by atoms with Crippen LogP contribution in [0.25, 0.3) is 11.3 Å². The number of halogens is 1. The highest BCUT2D eigenvalue weighted by atomic mass is 35.5. The normalized spacial score (nSPS) is 34.0. The number of thiazole rings is 1. The standard InChI is InChI=1S/C37H44ClN2O4S2/c1-6-35(4)19-30(36(5)23(2)11-15-37(24(3)33(35)43)16-12-29(41)32(36)37)44-31(42)22-46-34-39-28(21-45-34)26-13-17-40(18-14-26)20-25-7-9-27(38)10-8-25/h6-10,13-14,17-18,21,23-24,30,32-33,43H,1,11-12,15-16,19-20,22H2,2-5H3/q+1/t23-,24+,30-,32+,33+,35-,36+,37+/m1/s1. The Kier molecular flexibility index (Phi) is 9.31. The number of hydrogen-bond acceptors (Lipinski definition) is 7. The van der Waals surface area contributed by atoms with E-state index >= 15 is 0 Å². The number of hydrogen-bond donors (Lipinski definition) is 1. The van der Waals surface area contributed by atoms with Crippen molar-refractivity contribution >= 4 is 46.5 Å². The lowest BCUT2D eigenvalue weighted by Crippen LogP contribution is -2.63. The van der Waals surface area contributed by atoms with E-state index in [1.165, 1.54) is 28.7 Å². The minimum Gasteiger partial charge on any atom is -0.461 e. The number of esters is 1. The molecule has 244 valence electrons. The van der Waals surface area contributed by atoms with Gasteiger partial charge in [-0.3, -0.25) is 9.59 Å². The number of ketones is 1. The molecular weight excluding hydrogens is 636 g/mol. The minimum absolute atomic E-state index is 0.0524. The quantitative estimate of drug-likeness (QED) is 0.113. The molecule has 1 N–H and O–H groups in total. The zero-order valence-corrected chi connectivity index (χ0v) is 29.5. The number of rotatable bonds is 8. The van der Waals surface area contributed by atoms with Crippen LogP contribution < -0.4 is 4.57 Å². The largest absolute Gasteiger partial charge is 0.461 e. The first-order valence-corrected chi connectivity index (χ1v) is 18.5. The van der Waals surface area contributed by atoms with Crippen molar-refractivity contribution in [2.24, 2.45) is 34.0 Å². The monoisotopic (exact) mass is 679 g/mol. The predicted octanol–water partition coefficient (Wildman–Crippen LogP) is 7.80. The SMILES string of the molecule is C=C[C@]1(C)C[C@@H](OC(=O)CSc2nc(-c3cc[n+](Cc4ccc(Cl)cc4)cc3)cs2)[C@]2(C)[C@H](C)CC[C@]3(CCC(=O)[C@H]32)[C@@H](C)[C@@H]1O. The highest BCUT2D eigenvalue weighted by molar-refractivity contribution is 8.01. The van der Waals surface area contributed by atoms with Crippen molar-refractivity contribution < 1.29 is 24.0 Å². The van der Waals surface area contributed by atoms with Crippen LogP contribution in [0.2, 0.25) is 5.02 Å². The molecule has 3 saturated carbocycles. The fourth-order valence-corrected chi connectivity index (χ4v) is 10.5. The summed E-state index contributed by atoms with van der Waals surface area (Å²) in [4.78, 5) is 32.0. The highest BCUT2D eigenvalue weighted by Crippen LogP contribution is 2.68. The van der Waals surface area contributed by atoms with Gasteiger partial charge < -0.3 is 9.84 Å². The molecule has 2 aromatic heterocycles. The van der Waals surface area contributed by atoms with Crippen LogP contribution >= 0.6 is 34.7 Å². The predicted molar refractivity (Wildman–Crippen MR) is 184 cm³/mol. The summed E-state index contributed by atoms with van der Waals surface area (Å²) >= 11 is 8.90. The summed E-state index contributed by atoms with van der Waals surface area (Å²) in [5, 5.41) is 14.5. The third-order valence-electron chi connectivity index (χ3n) is 11.8. The Labute approximate surface area is 285 Å². The van der Waals surface area contributed by atoms with Crippen LogP contribution in [0.3, 0.4) is 0 Å². The molecule has 0 saturated heterocycles. The number of thioether (sulfide) groups is 1. The summed E-state index contributed by atoms with van der Waals surface area (Å²) in [5.74, 6) is -0.0189. The van der Waals surface area contributed by atoms with E-state index in [-0.39, 0.29) is 40.7 Å². The molecule has 0 spiro atoms.